The summed E-state index contributed by atoms with van der Waals surface area (Å²) in [6.45, 7) is 6.00. The Kier molecular flexibility index (Phi) is 4.32. The molecule has 0 bridgehead atoms. The monoisotopic (exact) mass is 286 g/mol. The lowest BCUT2D eigenvalue weighted by atomic mass is 9.95. The summed E-state index contributed by atoms with van der Waals surface area (Å²) in [6.07, 6.45) is 3.82. The lowest BCUT2D eigenvalue weighted by molar-refractivity contribution is 0.217. The molecule has 0 amide bonds. The molecule has 0 aliphatic carbocycles. The number of hydrogen-bond donors (Lipinski definition) is 1. The molecule has 2 atom stereocenters. The zero-order chi connectivity index (χ0) is 14.0. The second-order valence-electron chi connectivity index (χ2n) is 5.40. The van der Waals surface area contributed by atoms with Crippen LogP contribution in [0.4, 0.5) is 0 Å². The number of sulfonamides is 1. The molecule has 0 radical (unpaired) electrons. The molecule has 1 fully saturated rings. The highest BCUT2D eigenvalue weighted by molar-refractivity contribution is 7.88. The quantitative estimate of drug-likeness (QED) is 0.907. The van der Waals surface area contributed by atoms with E-state index in [4.69, 9.17) is 4.42 Å². The van der Waals surface area contributed by atoms with Crippen LogP contribution in [0.1, 0.15) is 24.7 Å². The molecular formula is C13H22N2O3S. The summed E-state index contributed by atoms with van der Waals surface area (Å²) in [7, 11) is -3.06. The largest absolute Gasteiger partial charge is 0.468 e. The number of hydrogen-bond acceptors (Lipinski definition) is 4. The van der Waals surface area contributed by atoms with Crippen LogP contribution in [0.2, 0.25) is 0 Å². The van der Waals surface area contributed by atoms with E-state index >= 15 is 0 Å². The Bertz CT molecular complexity index is 524. The molecule has 19 heavy (non-hydrogen) atoms. The normalized spacial score (nSPS) is 25.6. The van der Waals surface area contributed by atoms with Crippen molar-refractivity contribution in [3.05, 3.63) is 23.7 Å². The lowest BCUT2D eigenvalue weighted by Crippen LogP contribution is -2.49. The standard InChI is InChI=1S/C13H22N2O3S/c1-10-5-7-18-13(10)8-14-12-4-6-15(9-11(12)2)19(3,16)17/h5,7,11-12,14H,4,6,8-9H2,1-3H3. The van der Waals surface area contributed by atoms with Gasteiger partial charge in [0.05, 0.1) is 19.1 Å². The van der Waals surface area contributed by atoms with Gasteiger partial charge in [-0.2, -0.15) is 0 Å². The number of piperidine rings is 1. The molecule has 1 aromatic heterocycles. The minimum Gasteiger partial charge on any atom is -0.468 e. The molecule has 1 aromatic rings. The van der Waals surface area contributed by atoms with Crippen LogP contribution in [0.5, 0.6) is 0 Å². The summed E-state index contributed by atoms with van der Waals surface area (Å²) in [5.41, 5.74) is 1.15. The van der Waals surface area contributed by atoms with Gasteiger partial charge in [0.2, 0.25) is 10.0 Å². The molecule has 1 aliphatic rings. The van der Waals surface area contributed by atoms with Gasteiger partial charge in [-0.3, -0.25) is 0 Å². The van der Waals surface area contributed by atoms with Crippen molar-refractivity contribution in [1.29, 1.82) is 0 Å². The minimum atomic E-state index is -3.06. The van der Waals surface area contributed by atoms with Crippen molar-refractivity contribution in [3.8, 4) is 0 Å². The van der Waals surface area contributed by atoms with Gasteiger partial charge in [0.1, 0.15) is 5.76 Å². The molecular weight excluding hydrogens is 264 g/mol. The van der Waals surface area contributed by atoms with Gasteiger partial charge in [-0.25, -0.2) is 12.7 Å². The van der Waals surface area contributed by atoms with Crippen LogP contribution in [0.3, 0.4) is 0 Å². The molecule has 1 N–H and O–H groups in total. The molecule has 2 heterocycles. The van der Waals surface area contributed by atoms with Crippen LogP contribution in [-0.4, -0.2) is 38.1 Å². The third-order valence-corrected chi connectivity index (χ3v) is 5.10. The zero-order valence-corrected chi connectivity index (χ0v) is 12.5. The maximum Gasteiger partial charge on any atom is 0.211 e. The predicted molar refractivity (Wildman–Crippen MR) is 74.3 cm³/mol. The maximum absolute atomic E-state index is 11.5. The summed E-state index contributed by atoms with van der Waals surface area (Å²) in [4.78, 5) is 0. The number of nitrogens with zero attached hydrogens (tertiary/aromatic N) is 1. The van der Waals surface area contributed by atoms with Crippen molar-refractivity contribution in [2.75, 3.05) is 19.3 Å². The minimum absolute atomic E-state index is 0.304. The van der Waals surface area contributed by atoms with E-state index < -0.39 is 10.0 Å². The lowest BCUT2D eigenvalue weighted by Gasteiger charge is -2.35. The first-order valence-corrected chi connectivity index (χ1v) is 8.44. The van der Waals surface area contributed by atoms with Crippen LogP contribution in [-0.2, 0) is 16.6 Å². The number of furan rings is 1. The third kappa shape index (κ3) is 3.58. The van der Waals surface area contributed by atoms with Gasteiger partial charge in [0.15, 0.2) is 0 Å². The highest BCUT2D eigenvalue weighted by Crippen LogP contribution is 2.19. The Balaban J connectivity index is 1.89. The van der Waals surface area contributed by atoms with Crippen LogP contribution in [0, 0.1) is 12.8 Å². The summed E-state index contributed by atoms with van der Waals surface area (Å²) in [5.74, 6) is 1.26. The van der Waals surface area contributed by atoms with Crippen molar-refractivity contribution in [1.82, 2.24) is 9.62 Å². The Labute approximate surface area is 115 Å². The second kappa shape index (κ2) is 5.64. The van der Waals surface area contributed by atoms with Crippen LogP contribution >= 0.6 is 0 Å². The van der Waals surface area contributed by atoms with E-state index in [2.05, 4.69) is 12.2 Å². The van der Waals surface area contributed by atoms with E-state index in [0.29, 0.717) is 31.6 Å². The summed E-state index contributed by atoms with van der Waals surface area (Å²) in [5, 5.41) is 3.47. The molecule has 0 aromatic carbocycles. The highest BCUT2D eigenvalue weighted by atomic mass is 32.2. The van der Waals surface area contributed by atoms with Gasteiger partial charge in [-0.15, -0.1) is 0 Å². The zero-order valence-electron chi connectivity index (χ0n) is 11.7. The topological polar surface area (TPSA) is 62.6 Å². The van der Waals surface area contributed by atoms with E-state index in [1.165, 1.54) is 6.26 Å². The third-order valence-electron chi connectivity index (χ3n) is 3.83. The predicted octanol–water partition coefficient (Wildman–Crippen LogP) is 1.35. The van der Waals surface area contributed by atoms with Crippen molar-refractivity contribution in [3.63, 3.8) is 0 Å². The van der Waals surface area contributed by atoms with Crippen LogP contribution < -0.4 is 5.32 Å². The van der Waals surface area contributed by atoms with Gasteiger partial charge in [-0.05, 0) is 30.9 Å². The molecule has 1 saturated heterocycles. The molecule has 1 aliphatic heterocycles. The van der Waals surface area contributed by atoms with E-state index in [9.17, 15) is 8.42 Å². The molecule has 2 rings (SSSR count). The average molecular weight is 286 g/mol. The van der Waals surface area contributed by atoms with Gasteiger partial charge in [0, 0.05) is 19.1 Å². The fourth-order valence-corrected chi connectivity index (χ4v) is 3.46. The maximum atomic E-state index is 11.5. The number of rotatable bonds is 4. The number of aryl methyl sites for hydroxylation is 1. The molecule has 0 saturated carbocycles. The molecule has 108 valence electrons. The molecule has 0 spiro atoms. The van der Waals surface area contributed by atoms with Crippen molar-refractivity contribution in [2.45, 2.75) is 32.9 Å². The average Bonchev–Trinajstić information content (AvgIpc) is 2.72. The van der Waals surface area contributed by atoms with E-state index in [-0.39, 0.29) is 0 Å². The highest BCUT2D eigenvalue weighted by Gasteiger charge is 2.30. The Morgan fingerprint density at radius 1 is 1.53 bits per heavy atom. The fourth-order valence-electron chi connectivity index (χ4n) is 2.52. The summed E-state index contributed by atoms with van der Waals surface area (Å²) < 4.78 is 30.0. The van der Waals surface area contributed by atoms with E-state index in [1.807, 2.05) is 13.0 Å². The van der Waals surface area contributed by atoms with Crippen LogP contribution in [0.15, 0.2) is 16.7 Å². The second-order valence-corrected chi connectivity index (χ2v) is 7.38. The van der Waals surface area contributed by atoms with Crippen molar-refractivity contribution >= 4 is 10.0 Å². The van der Waals surface area contributed by atoms with E-state index in [1.54, 1.807) is 10.6 Å². The first-order chi connectivity index (χ1) is 8.88. The first kappa shape index (κ1) is 14.6. The Hall–Kier alpha value is -0.850. The SMILES string of the molecule is Cc1ccoc1CNC1CCN(S(C)(=O)=O)CC1C. The summed E-state index contributed by atoms with van der Waals surface area (Å²) >= 11 is 0. The first-order valence-electron chi connectivity index (χ1n) is 6.59. The van der Waals surface area contributed by atoms with Gasteiger partial charge in [0.25, 0.3) is 0 Å². The Morgan fingerprint density at radius 2 is 2.26 bits per heavy atom. The van der Waals surface area contributed by atoms with E-state index in [0.717, 1.165) is 17.7 Å². The smallest absolute Gasteiger partial charge is 0.211 e. The van der Waals surface area contributed by atoms with Crippen LogP contribution in [0.25, 0.3) is 0 Å². The Morgan fingerprint density at radius 3 is 2.79 bits per heavy atom. The van der Waals surface area contributed by atoms with Gasteiger partial charge < -0.3 is 9.73 Å². The molecule has 2 unspecified atom stereocenters. The van der Waals surface area contributed by atoms with Gasteiger partial charge >= 0.3 is 0 Å². The molecule has 5 nitrogen and oxygen atoms in total. The number of nitrogens with one attached hydrogen (secondary N) is 1. The fraction of sp³-hybridized carbons (Fsp3) is 0.692. The van der Waals surface area contributed by atoms with Gasteiger partial charge in [-0.1, -0.05) is 6.92 Å². The molecule has 6 heteroatoms. The van der Waals surface area contributed by atoms with Crippen molar-refractivity contribution < 1.29 is 12.8 Å². The van der Waals surface area contributed by atoms with Crippen molar-refractivity contribution in [2.24, 2.45) is 5.92 Å². The summed E-state index contributed by atoms with van der Waals surface area (Å²) in [6, 6.07) is 2.29.